The van der Waals surface area contributed by atoms with Crippen LogP contribution in [0.5, 0.6) is 11.5 Å². The molecule has 0 bridgehead atoms. The van der Waals surface area contributed by atoms with E-state index in [-0.39, 0.29) is 5.97 Å². The van der Waals surface area contributed by atoms with Crippen molar-refractivity contribution in [1.82, 2.24) is 0 Å². The Hall–Kier alpha value is -3.63. The highest BCUT2D eigenvalue weighted by Crippen LogP contribution is 2.30. The van der Waals surface area contributed by atoms with Gasteiger partial charge in [0.1, 0.15) is 11.5 Å². The SMILES string of the molecule is COC(=O)c1ccc(CC(C=Cc2ccccc2Oc2cccc(-c3ccccc3)c2)CCBr)cc1. The molecule has 4 aromatic rings. The molecule has 4 rings (SSSR count). The van der Waals surface area contributed by atoms with E-state index in [1.807, 2.05) is 72.8 Å². The highest BCUT2D eigenvalue weighted by molar-refractivity contribution is 9.09. The summed E-state index contributed by atoms with van der Waals surface area (Å²) in [4.78, 5) is 11.7. The smallest absolute Gasteiger partial charge is 0.337 e. The zero-order valence-corrected chi connectivity index (χ0v) is 21.9. The van der Waals surface area contributed by atoms with Crippen molar-refractivity contribution in [2.75, 3.05) is 12.4 Å². The van der Waals surface area contributed by atoms with E-state index in [2.05, 4.69) is 58.4 Å². The highest BCUT2D eigenvalue weighted by Gasteiger charge is 2.10. The molecule has 0 fully saturated rings. The van der Waals surface area contributed by atoms with Gasteiger partial charge in [-0.15, -0.1) is 0 Å². The Balaban J connectivity index is 1.49. The number of hydrogen-bond donors (Lipinski definition) is 0. The first-order valence-electron chi connectivity index (χ1n) is 12.0. The van der Waals surface area contributed by atoms with Crippen LogP contribution >= 0.6 is 15.9 Å². The first kappa shape index (κ1) is 25.5. The van der Waals surface area contributed by atoms with Crippen LogP contribution in [0.3, 0.4) is 0 Å². The van der Waals surface area contributed by atoms with Gasteiger partial charge in [0.2, 0.25) is 0 Å². The van der Waals surface area contributed by atoms with Crippen LogP contribution in [0.2, 0.25) is 0 Å². The second-order valence-electron chi connectivity index (χ2n) is 8.52. The molecule has 0 aliphatic carbocycles. The van der Waals surface area contributed by atoms with Crippen LogP contribution in [0.1, 0.15) is 27.9 Å². The molecule has 0 aliphatic heterocycles. The first-order valence-corrected chi connectivity index (χ1v) is 13.1. The van der Waals surface area contributed by atoms with Crippen molar-refractivity contribution in [2.24, 2.45) is 5.92 Å². The summed E-state index contributed by atoms with van der Waals surface area (Å²) in [6.07, 6.45) is 6.27. The minimum Gasteiger partial charge on any atom is -0.465 e. The molecule has 0 N–H and O–H groups in total. The van der Waals surface area contributed by atoms with Crippen LogP contribution in [-0.2, 0) is 11.2 Å². The third kappa shape index (κ3) is 6.96. The summed E-state index contributed by atoms with van der Waals surface area (Å²) < 4.78 is 11.1. The molecule has 3 nitrogen and oxygen atoms in total. The number of allylic oxidation sites excluding steroid dienone is 1. The summed E-state index contributed by atoms with van der Waals surface area (Å²) in [5, 5.41) is 0.909. The van der Waals surface area contributed by atoms with E-state index in [0.29, 0.717) is 11.5 Å². The summed E-state index contributed by atoms with van der Waals surface area (Å²) in [6, 6.07) is 34.2. The average Bonchev–Trinajstić information content (AvgIpc) is 2.93. The van der Waals surface area contributed by atoms with Crippen molar-refractivity contribution >= 4 is 28.0 Å². The van der Waals surface area contributed by atoms with E-state index in [4.69, 9.17) is 9.47 Å². The molecule has 0 saturated carbocycles. The predicted octanol–water partition coefficient (Wildman–Crippen LogP) is 8.59. The second kappa shape index (κ2) is 12.9. The third-order valence-electron chi connectivity index (χ3n) is 5.99. The molecule has 0 radical (unpaired) electrons. The molecule has 0 aromatic heterocycles. The normalized spacial score (nSPS) is 11.8. The topological polar surface area (TPSA) is 35.5 Å². The molecule has 0 heterocycles. The van der Waals surface area contributed by atoms with Crippen molar-refractivity contribution in [2.45, 2.75) is 12.8 Å². The van der Waals surface area contributed by atoms with E-state index in [9.17, 15) is 4.79 Å². The van der Waals surface area contributed by atoms with Crippen molar-refractivity contribution in [1.29, 1.82) is 0 Å². The van der Waals surface area contributed by atoms with Gasteiger partial charge < -0.3 is 9.47 Å². The monoisotopic (exact) mass is 540 g/mol. The molecular weight excluding hydrogens is 512 g/mol. The lowest BCUT2D eigenvalue weighted by atomic mass is 9.95. The number of ether oxygens (including phenoxy) is 2. The Bertz CT molecular complexity index is 1300. The number of hydrogen-bond acceptors (Lipinski definition) is 3. The summed E-state index contributed by atoms with van der Waals surface area (Å²) >= 11 is 3.59. The second-order valence-corrected chi connectivity index (χ2v) is 9.32. The predicted molar refractivity (Wildman–Crippen MR) is 151 cm³/mol. The molecule has 1 atom stereocenters. The Labute approximate surface area is 221 Å². The molecule has 0 spiro atoms. The van der Waals surface area contributed by atoms with Crippen LogP contribution in [0.25, 0.3) is 17.2 Å². The lowest BCUT2D eigenvalue weighted by Crippen LogP contribution is -2.04. The van der Waals surface area contributed by atoms with Gasteiger partial charge in [-0.1, -0.05) is 101 Å². The number of benzene rings is 4. The molecule has 0 amide bonds. The summed E-state index contributed by atoms with van der Waals surface area (Å²) in [5.74, 6) is 1.64. The Morgan fingerprint density at radius 2 is 1.58 bits per heavy atom. The Kier molecular flexibility index (Phi) is 9.12. The van der Waals surface area contributed by atoms with Crippen LogP contribution < -0.4 is 4.74 Å². The third-order valence-corrected chi connectivity index (χ3v) is 6.45. The van der Waals surface area contributed by atoms with Gasteiger partial charge in [0.15, 0.2) is 0 Å². The lowest BCUT2D eigenvalue weighted by Gasteiger charge is -2.13. The van der Waals surface area contributed by atoms with Gasteiger partial charge in [0, 0.05) is 10.9 Å². The zero-order valence-electron chi connectivity index (χ0n) is 20.3. The molecule has 1 unspecified atom stereocenters. The van der Waals surface area contributed by atoms with Crippen LogP contribution in [0.4, 0.5) is 0 Å². The maximum atomic E-state index is 11.7. The fourth-order valence-electron chi connectivity index (χ4n) is 4.05. The standard InChI is InChI=1S/C32H29BrO3/c1-35-32(34)28-18-15-24(16-19-28)22-25(20-21-33)14-17-27-10-5-6-13-31(27)36-30-12-7-11-29(23-30)26-8-3-2-4-9-26/h2-19,23,25H,20-22H2,1H3. The minimum absolute atomic E-state index is 0.315. The molecular formula is C32H29BrO3. The van der Waals surface area contributed by atoms with Gasteiger partial charge in [-0.05, 0) is 65.8 Å². The number of esters is 1. The molecule has 0 aliphatic rings. The summed E-state index contributed by atoms with van der Waals surface area (Å²) in [6.45, 7) is 0. The van der Waals surface area contributed by atoms with Crippen molar-refractivity contribution in [3.8, 4) is 22.6 Å². The fraction of sp³-hybridized carbons (Fsp3) is 0.156. The van der Waals surface area contributed by atoms with Crippen LogP contribution in [0, 0.1) is 5.92 Å². The summed E-state index contributed by atoms with van der Waals surface area (Å²) in [5.41, 5.74) is 5.06. The minimum atomic E-state index is -0.315. The van der Waals surface area contributed by atoms with E-state index >= 15 is 0 Å². The van der Waals surface area contributed by atoms with Gasteiger partial charge in [-0.25, -0.2) is 4.79 Å². The zero-order chi connectivity index (χ0) is 25.2. The molecule has 0 saturated heterocycles. The Morgan fingerprint density at radius 1 is 0.861 bits per heavy atom. The molecule has 4 aromatic carbocycles. The van der Waals surface area contributed by atoms with E-state index in [0.717, 1.165) is 46.4 Å². The molecule has 182 valence electrons. The van der Waals surface area contributed by atoms with E-state index in [1.54, 1.807) is 0 Å². The number of carbonyl (C=O) groups is 1. The number of carbonyl (C=O) groups excluding carboxylic acids is 1. The quantitative estimate of drug-likeness (QED) is 0.149. The number of alkyl halides is 1. The largest absolute Gasteiger partial charge is 0.465 e. The number of halogens is 1. The van der Waals surface area contributed by atoms with Gasteiger partial charge in [-0.3, -0.25) is 0 Å². The van der Waals surface area contributed by atoms with Crippen LogP contribution in [0.15, 0.2) is 109 Å². The van der Waals surface area contributed by atoms with Crippen LogP contribution in [-0.4, -0.2) is 18.4 Å². The number of rotatable bonds is 10. The van der Waals surface area contributed by atoms with Crippen molar-refractivity contribution in [3.63, 3.8) is 0 Å². The maximum Gasteiger partial charge on any atom is 0.337 e. The molecule has 4 heteroatoms. The average molecular weight is 541 g/mol. The fourth-order valence-corrected chi connectivity index (χ4v) is 4.64. The van der Waals surface area contributed by atoms with E-state index in [1.165, 1.54) is 12.7 Å². The van der Waals surface area contributed by atoms with Gasteiger partial charge in [-0.2, -0.15) is 0 Å². The summed E-state index contributed by atoms with van der Waals surface area (Å²) in [7, 11) is 1.40. The number of para-hydroxylation sites is 1. The Morgan fingerprint density at radius 3 is 2.33 bits per heavy atom. The first-order chi connectivity index (χ1) is 17.7. The van der Waals surface area contributed by atoms with Crippen molar-refractivity contribution < 1.29 is 14.3 Å². The lowest BCUT2D eigenvalue weighted by molar-refractivity contribution is 0.0600. The maximum absolute atomic E-state index is 11.7. The van der Waals surface area contributed by atoms with E-state index < -0.39 is 0 Å². The van der Waals surface area contributed by atoms with Gasteiger partial charge >= 0.3 is 5.97 Å². The van der Waals surface area contributed by atoms with Gasteiger partial charge in [0.25, 0.3) is 0 Å². The van der Waals surface area contributed by atoms with Gasteiger partial charge in [0.05, 0.1) is 12.7 Å². The molecule has 36 heavy (non-hydrogen) atoms. The highest BCUT2D eigenvalue weighted by atomic mass is 79.9. The number of methoxy groups -OCH3 is 1. The van der Waals surface area contributed by atoms with Crippen molar-refractivity contribution in [3.05, 3.63) is 126 Å².